The highest BCUT2D eigenvalue weighted by Gasteiger charge is 2.14. The van der Waals surface area contributed by atoms with Crippen LogP contribution < -0.4 is 9.64 Å². The van der Waals surface area contributed by atoms with E-state index in [4.69, 9.17) is 15.9 Å². The van der Waals surface area contributed by atoms with Crippen LogP contribution in [0.3, 0.4) is 0 Å². The van der Waals surface area contributed by atoms with Crippen LogP contribution in [0, 0.1) is 12.3 Å². The van der Waals surface area contributed by atoms with E-state index >= 15 is 0 Å². The first-order chi connectivity index (χ1) is 12.3. The zero-order valence-corrected chi connectivity index (χ0v) is 14.8. The van der Waals surface area contributed by atoms with E-state index in [1.807, 2.05) is 12.1 Å². The van der Waals surface area contributed by atoms with Crippen molar-refractivity contribution in [2.45, 2.75) is 19.3 Å². The molecule has 0 bridgehead atoms. The molecule has 1 aliphatic heterocycles. The van der Waals surface area contributed by atoms with Gasteiger partial charge < -0.3 is 14.4 Å². The Bertz CT molecular complexity index is 694. The summed E-state index contributed by atoms with van der Waals surface area (Å²) in [5.74, 6) is 3.77. The SMILES string of the molecule is C#CC(c1ccc(OCCC)cc1)c1ccc(N2CCOCC2)cc1. The third kappa shape index (κ3) is 4.35. The lowest BCUT2D eigenvalue weighted by molar-refractivity contribution is 0.122. The number of anilines is 1. The second kappa shape index (κ2) is 8.60. The number of ether oxygens (including phenoxy) is 2. The van der Waals surface area contributed by atoms with Gasteiger partial charge >= 0.3 is 0 Å². The molecular weight excluding hydrogens is 310 g/mol. The molecule has 1 fully saturated rings. The highest BCUT2D eigenvalue weighted by molar-refractivity contribution is 5.51. The maximum absolute atomic E-state index is 5.83. The molecule has 2 aromatic rings. The van der Waals surface area contributed by atoms with E-state index in [9.17, 15) is 0 Å². The number of hydrogen-bond donors (Lipinski definition) is 0. The zero-order valence-electron chi connectivity index (χ0n) is 14.8. The lowest BCUT2D eigenvalue weighted by Crippen LogP contribution is -2.36. The molecule has 0 aromatic heterocycles. The summed E-state index contributed by atoms with van der Waals surface area (Å²) in [7, 11) is 0. The third-order valence-corrected chi connectivity index (χ3v) is 4.46. The molecule has 0 N–H and O–H groups in total. The van der Waals surface area contributed by atoms with Crippen molar-refractivity contribution >= 4 is 5.69 Å². The van der Waals surface area contributed by atoms with Gasteiger partial charge in [-0.2, -0.15) is 0 Å². The van der Waals surface area contributed by atoms with E-state index in [1.54, 1.807) is 0 Å². The third-order valence-electron chi connectivity index (χ3n) is 4.46. The Labute approximate surface area is 150 Å². The van der Waals surface area contributed by atoms with Crippen LogP contribution in [0.1, 0.15) is 30.4 Å². The largest absolute Gasteiger partial charge is 0.494 e. The number of hydrogen-bond acceptors (Lipinski definition) is 3. The highest BCUT2D eigenvalue weighted by atomic mass is 16.5. The Morgan fingerprint density at radius 1 is 1.04 bits per heavy atom. The van der Waals surface area contributed by atoms with Crippen molar-refractivity contribution in [1.82, 2.24) is 0 Å². The summed E-state index contributed by atoms with van der Waals surface area (Å²) >= 11 is 0. The molecule has 1 heterocycles. The number of benzene rings is 2. The highest BCUT2D eigenvalue weighted by Crippen LogP contribution is 2.28. The summed E-state index contributed by atoms with van der Waals surface area (Å²) in [6.07, 6.45) is 6.83. The van der Waals surface area contributed by atoms with Crippen LogP contribution in [0.2, 0.25) is 0 Å². The quantitative estimate of drug-likeness (QED) is 0.743. The summed E-state index contributed by atoms with van der Waals surface area (Å²) in [5.41, 5.74) is 3.48. The topological polar surface area (TPSA) is 21.7 Å². The Morgan fingerprint density at radius 2 is 1.64 bits per heavy atom. The van der Waals surface area contributed by atoms with Gasteiger partial charge in [-0.05, 0) is 41.8 Å². The normalized spacial score (nSPS) is 15.4. The standard InChI is InChI=1S/C22H25NO2/c1-3-15-25-21-11-7-19(8-12-21)22(4-2)18-5-9-20(10-6-18)23-13-16-24-17-14-23/h2,5-12,22H,3,13-17H2,1H3. The fourth-order valence-corrected chi connectivity index (χ4v) is 3.06. The smallest absolute Gasteiger partial charge is 0.119 e. The molecule has 3 heteroatoms. The Kier molecular flexibility index (Phi) is 5.98. The van der Waals surface area contributed by atoms with Gasteiger partial charge in [-0.3, -0.25) is 0 Å². The average Bonchev–Trinajstić information content (AvgIpc) is 2.69. The first-order valence-electron chi connectivity index (χ1n) is 8.93. The van der Waals surface area contributed by atoms with Crippen molar-refractivity contribution in [3.05, 3.63) is 59.7 Å². The molecule has 0 spiro atoms. The zero-order chi connectivity index (χ0) is 17.5. The van der Waals surface area contributed by atoms with E-state index in [2.05, 4.69) is 54.1 Å². The summed E-state index contributed by atoms with van der Waals surface area (Å²) in [6, 6.07) is 16.7. The fraction of sp³-hybridized carbons (Fsp3) is 0.364. The molecule has 0 amide bonds. The lowest BCUT2D eigenvalue weighted by atomic mass is 9.92. The van der Waals surface area contributed by atoms with Gasteiger partial charge in [0.2, 0.25) is 0 Å². The summed E-state index contributed by atoms with van der Waals surface area (Å²) < 4.78 is 11.1. The minimum atomic E-state index is -0.0426. The Morgan fingerprint density at radius 3 is 2.20 bits per heavy atom. The maximum atomic E-state index is 5.83. The summed E-state index contributed by atoms with van der Waals surface area (Å²) in [4.78, 5) is 2.35. The molecule has 1 atom stereocenters. The van der Waals surface area contributed by atoms with Gasteiger partial charge in [0, 0.05) is 18.8 Å². The molecule has 1 saturated heterocycles. The molecular formula is C22H25NO2. The summed E-state index contributed by atoms with van der Waals surface area (Å²) in [6.45, 7) is 6.31. The number of morpholine rings is 1. The van der Waals surface area contributed by atoms with Crippen LogP contribution >= 0.6 is 0 Å². The van der Waals surface area contributed by atoms with Gasteiger partial charge in [-0.15, -0.1) is 6.42 Å². The van der Waals surface area contributed by atoms with Gasteiger partial charge in [0.25, 0.3) is 0 Å². The second-order valence-electron chi connectivity index (χ2n) is 6.21. The second-order valence-corrected chi connectivity index (χ2v) is 6.21. The number of rotatable bonds is 6. The van der Waals surface area contributed by atoms with Crippen molar-refractivity contribution in [2.75, 3.05) is 37.8 Å². The summed E-state index contributed by atoms with van der Waals surface area (Å²) in [5, 5.41) is 0. The molecule has 130 valence electrons. The van der Waals surface area contributed by atoms with Gasteiger partial charge in [-0.1, -0.05) is 37.1 Å². The van der Waals surface area contributed by atoms with Crippen molar-refractivity contribution in [3.8, 4) is 18.1 Å². The van der Waals surface area contributed by atoms with E-state index in [-0.39, 0.29) is 5.92 Å². The molecule has 25 heavy (non-hydrogen) atoms. The maximum Gasteiger partial charge on any atom is 0.119 e. The van der Waals surface area contributed by atoms with E-state index in [0.717, 1.165) is 56.2 Å². The van der Waals surface area contributed by atoms with E-state index in [1.165, 1.54) is 5.69 Å². The predicted octanol–water partition coefficient (Wildman–Crippen LogP) is 4.08. The first kappa shape index (κ1) is 17.4. The first-order valence-corrected chi connectivity index (χ1v) is 8.93. The number of terminal acetylenes is 1. The Balaban J connectivity index is 1.73. The molecule has 1 aliphatic rings. The van der Waals surface area contributed by atoms with Crippen molar-refractivity contribution < 1.29 is 9.47 Å². The van der Waals surface area contributed by atoms with Crippen LogP contribution in [0.15, 0.2) is 48.5 Å². The van der Waals surface area contributed by atoms with Crippen LogP contribution in [-0.2, 0) is 4.74 Å². The van der Waals surface area contributed by atoms with Crippen LogP contribution in [-0.4, -0.2) is 32.9 Å². The molecule has 1 unspecified atom stereocenters. The van der Waals surface area contributed by atoms with Crippen molar-refractivity contribution in [1.29, 1.82) is 0 Å². The van der Waals surface area contributed by atoms with Gasteiger partial charge in [-0.25, -0.2) is 0 Å². The van der Waals surface area contributed by atoms with Gasteiger partial charge in [0.1, 0.15) is 5.75 Å². The van der Waals surface area contributed by atoms with Crippen LogP contribution in [0.4, 0.5) is 5.69 Å². The van der Waals surface area contributed by atoms with Gasteiger partial charge in [0.15, 0.2) is 0 Å². The average molecular weight is 335 g/mol. The van der Waals surface area contributed by atoms with Crippen molar-refractivity contribution in [2.24, 2.45) is 0 Å². The number of nitrogens with zero attached hydrogens (tertiary/aromatic N) is 1. The Hall–Kier alpha value is -2.44. The molecule has 0 saturated carbocycles. The van der Waals surface area contributed by atoms with E-state index < -0.39 is 0 Å². The molecule has 0 aliphatic carbocycles. The minimum absolute atomic E-state index is 0.0426. The fourth-order valence-electron chi connectivity index (χ4n) is 3.06. The predicted molar refractivity (Wildman–Crippen MR) is 102 cm³/mol. The minimum Gasteiger partial charge on any atom is -0.494 e. The molecule has 2 aromatic carbocycles. The molecule has 3 nitrogen and oxygen atoms in total. The molecule has 3 rings (SSSR count). The van der Waals surface area contributed by atoms with Crippen LogP contribution in [0.5, 0.6) is 5.75 Å². The van der Waals surface area contributed by atoms with Crippen LogP contribution in [0.25, 0.3) is 0 Å². The van der Waals surface area contributed by atoms with Crippen molar-refractivity contribution in [3.63, 3.8) is 0 Å². The lowest BCUT2D eigenvalue weighted by Gasteiger charge is -2.29. The monoisotopic (exact) mass is 335 g/mol. The van der Waals surface area contributed by atoms with Gasteiger partial charge in [0.05, 0.1) is 25.7 Å². The molecule has 0 radical (unpaired) electrons. The van der Waals surface area contributed by atoms with E-state index in [0.29, 0.717) is 0 Å².